The van der Waals surface area contributed by atoms with Gasteiger partial charge in [0.2, 0.25) is 0 Å². The van der Waals surface area contributed by atoms with Gasteiger partial charge in [-0.15, -0.1) is 0 Å². The summed E-state index contributed by atoms with van der Waals surface area (Å²) >= 11 is 0. The number of benzene rings is 3. The summed E-state index contributed by atoms with van der Waals surface area (Å²) in [6, 6.07) is 24.6. The van der Waals surface area contributed by atoms with Crippen molar-refractivity contribution in [2.45, 2.75) is 12.6 Å². The third-order valence-electron chi connectivity index (χ3n) is 4.50. The molecule has 0 unspecified atom stereocenters. The van der Waals surface area contributed by atoms with Crippen LogP contribution in [0.25, 0.3) is 0 Å². The molecule has 0 aliphatic carbocycles. The first-order valence-corrected chi connectivity index (χ1v) is 9.15. The maximum Gasteiger partial charge on any atom is 0.287 e. The number of carbonyl (C=O) groups excluding carboxylic acids is 1. The number of hydrogen-bond acceptors (Lipinski definition) is 3. The largest absolute Gasteiger partial charge is 0.497 e. The van der Waals surface area contributed by atoms with Gasteiger partial charge in [-0.05, 0) is 24.3 Å². The Hall–Kier alpha value is -3.31. The molecule has 0 radical (unpaired) electrons. The van der Waals surface area contributed by atoms with Gasteiger partial charge in [-0.3, -0.25) is 4.79 Å². The van der Waals surface area contributed by atoms with Crippen molar-refractivity contribution in [3.05, 3.63) is 90.0 Å². The van der Waals surface area contributed by atoms with Crippen LogP contribution in [0.15, 0.2) is 78.9 Å². The highest BCUT2D eigenvalue weighted by molar-refractivity contribution is 5.94. The van der Waals surface area contributed by atoms with Crippen molar-refractivity contribution < 1.29 is 19.6 Å². The molecule has 5 heteroatoms. The second-order valence-corrected chi connectivity index (χ2v) is 6.40. The number of rotatable bonds is 8. The number of carbonyl (C=O) groups is 1. The minimum atomic E-state index is -0.376. The van der Waals surface area contributed by atoms with Crippen molar-refractivity contribution >= 4 is 11.6 Å². The molecule has 0 fully saturated rings. The molecule has 3 aromatic carbocycles. The molecular weight excluding hydrogens is 352 g/mol. The molecule has 3 N–H and O–H groups in total. The number of methoxy groups -OCH3 is 2. The van der Waals surface area contributed by atoms with Crippen molar-refractivity contribution in [2.24, 2.45) is 0 Å². The van der Waals surface area contributed by atoms with Gasteiger partial charge in [-0.25, -0.2) is 0 Å². The van der Waals surface area contributed by atoms with Crippen LogP contribution in [0.3, 0.4) is 0 Å². The predicted octanol–water partition coefficient (Wildman–Crippen LogP) is 3.15. The van der Waals surface area contributed by atoms with Gasteiger partial charge in [0, 0.05) is 22.9 Å². The van der Waals surface area contributed by atoms with Gasteiger partial charge < -0.3 is 20.1 Å². The average molecular weight is 377 g/mol. The van der Waals surface area contributed by atoms with Crippen LogP contribution in [0.2, 0.25) is 0 Å². The monoisotopic (exact) mass is 377 g/mol. The molecule has 5 nitrogen and oxygen atoms in total. The molecule has 0 bridgehead atoms. The fraction of sp³-hybridized carbons (Fsp3) is 0.174. The minimum Gasteiger partial charge on any atom is -0.497 e. The van der Waals surface area contributed by atoms with Crippen LogP contribution in [0.1, 0.15) is 17.2 Å². The molecule has 144 valence electrons. The molecule has 0 aliphatic heterocycles. The summed E-state index contributed by atoms with van der Waals surface area (Å²) in [6.45, 7) is 0.655. The fourth-order valence-corrected chi connectivity index (χ4v) is 3.03. The number of nitrogens with two attached hydrogens (primary N) is 1. The normalized spacial score (nSPS) is 11.5. The van der Waals surface area contributed by atoms with Crippen molar-refractivity contribution in [1.29, 1.82) is 0 Å². The highest BCUT2D eigenvalue weighted by Crippen LogP contribution is 2.19. The van der Waals surface area contributed by atoms with Gasteiger partial charge in [0.25, 0.3) is 5.91 Å². The highest BCUT2D eigenvalue weighted by Gasteiger charge is 2.24. The van der Waals surface area contributed by atoms with Gasteiger partial charge in [0.05, 0.1) is 14.2 Å². The molecule has 28 heavy (non-hydrogen) atoms. The average Bonchev–Trinajstić information content (AvgIpc) is 2.75. The Bertz CT molecular complexity index is 912. The molecule has 3 rings (SSSR count). The van der Waals surface area contributed by atoms with Gasteiger partial charge in [-0.1, -0.05) is 48.5 Å². The number of anilines is 1. The number of ether oxygens (including phenoxy) is 2. The Labute approximate surface area is 165 Å². The Morgan fingerprint density at radius 3 is 2.29 bits per heavy atom. The zero-order valence-corrected chi connectivity index (χ0v) is 16.1. The summed E-state index contributed by atoms with van der Waals surface area (Å²) in [5, 5.41) is 5.03. The van der Waals surface area contributed by atoms with E-state index in [1.165, 1.54) is 0 Å². The van der Waals surface area contributed by atoms with Gasteiger partial charge in [0.1, 0.15) is 18.0 Å². The summed E-state index contributed by atoms with van der Waals surface area (Å²) in [6.07, 6.45) is 0. The van der Waals surface area contributed by atoms with Gasteiger partial charge >= 0.3 is 0 Å². The van der Waals surface area contributed by atoms with Crippen molar-refractivity contribution in [3.8, 4) is 11.5 Å². The van der Waals surface area contributed by atoms with E-state index < -0.39 is 0 Å². The lowest BCUT2D eigenvalue weighted by Crippen LogP contribution is -2.85. The van der Waals surface area contributed by atoms with Crippen LogP contribution in [0.4, 0.5) is 5.69 Å². The predicted molar refractivity (Wildman–Crippen MR) is 109 cm³/mol. The summed E-state index contributed by atoms with van der Waals surface area (Å²) in [4.78, 5) is 13.0. The molecule has 1 atom stereocenters. The lowest BCUT2D eigenvalue weighted by Gasteiger charge is -2.16. The molecule has 3 aromatic rings. The first kappa shape index (κ1) is 19.5. The van der Waals surface area contributed by atoms with E-state index in [-0.39, 0.29) is 11.9 Å². The molecule has 0 spiro atoms. The van der Waals surface area contributed by atoms with E-state index in [0.29, 0.717) is 18.0 Å². The van der Waals surface area contributed by atoms with E-state index >= 15 is 0 Å². The standard InChI is InChI=1S/C23H24N2O3/c1-27-20-12-6-8-17(14-20)16-24-22(18-9-4-3-5-10-18)23(26)25-19-11-7-13-21(15-19)28-2/h3-15,22,24H,16H2,1-2H3,(H,25,26)/p+1/t22-/m0/s1. The third-order valence-corrected chi connectivity index (χ3v) is 4.50. The SMILES string of the molecule is COc1cccc(C[NH2+][C@H](C(=O)Nc2cccc(OC)c2)c2ccccc2)c1. The molecule has 0 saturated carbocycles. The molecular formula is C23H25N2O3+. The van der Waals surface area contributed by atoms with E-state index in [1.54, 1.807) is 14.2 Å². The smallest absolute Gasteiger partial charge is 0.287 e. The summed E-state index contributed by atoms with van der Waals surface area (Å²) < 4.78 is 10.5. The summed E-state index contributed by atoms with van der Waals surface area (Å²) in [7, 11) is 3.26. The molecule has 0 heterocycles. The lowest BCUT2D eigenvalue weighted by atomic mass is 10.1. The zero-order chi connectivity index (χ0) is 19.8. The Balaban J connectivity index is 1.77. The first-order chi connectivity index (χ1) is 13.7. The van der Waals surface area contributed by atoms with E-state index in [0.717, 1.165) is 16.9 Å². The van der Waals surface area contributed by atoms with Gasteiger partial charge in [-0.2, -0.15) is 0 Å². The number of amides is 1. The Morgan fingerprint density at radius 1 is 0.893 bits per heavy atom. The fourth-order valence-electron chi connectivity index (χ4n) is 3.03. The lowest BCUT2D eigenvalue weighted by molar-refractivity contribution is -0.697. The molecule has 1 amide bonds. The van der Waals surface area contributed by atoms with Crippen molar-refractivity contribution in [2.75, 3.05) is 19.5 Å². The van der Waals surface area contributed by atoms with Crippen LogP contribution in [0, 0.1) is 0 Å². The first-order valence-electron chi connectivity index (χ1n) is 9.15. The van der Waals surface area contributed by atoms with E-state index in [9.17, 15) is 4.79 Å². The topological polar surface area (TPSA) is 64.2 Å². The quantitative estimate of drug-likeness (QED) is 0.634. The maximum atomic E-state index is 13.0. The van der Waals surface area contributed by atoms with Crippen LogP contribution in [-0.4, -0.2) is 20.1 Å². The van der Waals surface area contributed by atoms with Crippen LogP contribution in [-0.2, 0) is 11.3 Å². The summed E-state index contributed by atoms with van der Waals surface area (Å²) in [5.74, 6) is 1.43. The van der Waals surface area contributed by atoms with E-state index in [1.807, 2.05) is 84.2 Å². The Kier molecular flexibility index (Phi) is 6.65. The minimum absolute atomic E-state index is 0.0812. The molecule has 0 aromatic heterocycles. The number of quaternary nitrogens is 1. The second kappa shape index (κ2) is 9.58. The molecule has 0 saturated heterocycles. The maximum absolute atomic E-state index is 13.0. The van der Waals surface area contributed by atoms with Crippen LogP contribution >= 0.6 is 0 Å². The highest BCUT2D eigenvalue weighted by atomic mass is 16.5. The molecule has 0 aliphatic rings. The van der Waals surface area contributed by atoms with E-state index in [2.05, 4.69) is 5.32 Å². The van der Waals surface area contributed by atoms with Crippen molar-refractivity contribution in [3.63, 3.8) is 0 Å². The summed E-state index contributed by atoms with van der Waals surface area (Å²) in [5.41, 5.74) is 2.75. The van der Waals surface area contributed by atoms with E-state index in [4.69, 9.17) is 9.47 Å². The van der Waals surface area contributed by atoms with Crippen LogP contribution < -0.4 is 20.1 Å². The van der Waals surface area contributed by atoms with Gasteiger partial charge in [0.15, 0.2) is 6.04 Å². The van der Waals surface area contributed by atoms with Crippen molar-refractivity contribution in [1.82, 2.24) is 0 Å². The number of hydrogen-bond donors (Lipinski definition) is 2. The zero-order valence-electron chi connectivity index (χ0n) is 16.1. The second-order valence-electron chi connectivity index (χ2n) is 6.40. The Morgan fingerprint density at radius 2 is 1.57 bits per heavy atom. The third kappa shape index (κ3) is 5.11. The van der Waals surface area contributed by atoms with Crippen LogP contribution in [0.5, 0.6) is 11.5 Å². The number of nitrogens with one attached hydrogen (secondary N) is 1.